The zero-order valence-electron chi connectivity index (χ0n) is 23.4. The van der Waals surface area contributed by atoms with E-state index in [2.05, 4.69) is 39.9 Å². The Bertz CT molecular complexity index is 701. The number of carbonyl (C=O) groups excluding carboxylic acids is 1. The average Bonchev–Trinajstić information content (AvgIpc) is 3.03. The Morgan fingerprint density at radius 2 is 1.09 bits per heavy atom. The first-order valence-electron chi connectivity index (χ1n) is 14.5. The number of amides is 1. The molecule has 4 nitrogen and oxygen atoms in total. The largest absolute Gasteiger partial charge is 0.494 e. The van der Waals surface area contributed by atoms with Crippen LogP contribution in [0.3, 0.4) is 0 Å². The van der Waals surface area contributed by atoms with Gasteiger partial charge in [0.2, 0.25) is 5.91 Å². The highest BCUT2D eigenvalue weighted by atomic mass is 16.7. The molecule has 1 amide bonds. The van der Waals surface area contributed by atoms with E-state index in [0.29, 0.717) is 6.42 Å². The van der Waals surface area contributed by atoms with Crippen LogP contribution in [0.15, 0.2) is 24.3 Å². The van der Waals surface area contributed by atoms with Crippen molar-refractivity contribution in [2.45, 2.75) is 149 Å². The summed E-state index contributed by atoms with van der Waals surface area (Å²) in [6.45, 7) is 10.5. The number of benzene rings is 1. The monoisotopic (exact) mass is 485 g/mol. The quantitative estimate of drug-likeness (QED) is 0.168. The molecule has 1 heterocycles. The number of unbranched alkanes of at least 4 members (excludes halogenated alkanes) is 14. The molecule has 5 heteroatoms. The first kappa shape index (κ1) is 29.9. The third-order valence-electron chi connectivity index (χ3n) is 7.73. The maximum Gasteiger partial charge on any atom is 0.494 e. The highest BCUT2D eigenvalue weighted by Crippen LogP contribution is 2.36. The summed E-state index contributed by atoms with van der Waals surface area (Å²) < 4.78 is 12.2. The number of hydrogen-bond acceptors (Lipinski definition) is 3. The first-order valence-corrected chi connectivity index (χ1v) is 14.5. The summed E-state index contributed by atoms with van der Waals surface area (Å²) in [7, 11) is -0.370. The predicted molar refractivity (Wildman–Crippen MR) is 150 cm³/mol. The van der Waals surface area contributed by atoms with Gasteiger partial charge in [-0.15, -0.1) is 0 Å². The van der Waals surface area contributed by atoms with Gasteiger partial charge in [0.05, 0.1) is 11.2 Å². The van der Waals surface area contributed by atoms with Crippen LogP contribution in [-0.2, 0) is 14.1 Å². The zero-order chi connectivity index (χ0) is 25.6. The van der Waals surface area contributed by atoms with Gasteiger partial charge in [-0.1, -0.05) is 109 Å². The van der Waals surface area contributed by atoms with E-state index in [4.69, 9.17) is 9.31 Å². The predicted octanol–water partition coefficient (Wildman–Crippen LogP) is 8.19. The molecule has 1 aromatic rings. The Balaban J connectivity index is 1.46. The summed E-state index contributed by atoms with van der Waals surface area (Å²) in [5.74, 6) is 0.100. The van der Waals surface area contributed by atoms with Crippen molar-refractivity contribution >= 4 is 24.2 Å². The fourth-order valence-corrected chi connectivity index (χ4v) is 4.58. The minimum atomic E-state index is -0.370. The van der Waals surface area contributed by atoms with E-state index in [1.807, 2.05) is 24.3 Å². The van der Waals surface area contributed by atoms with E-state index in [1.54, 1.807) is 0 Å². The lowest BCUT2D eigenvalue weighted by Crippen LogP contribution is -2.41. The van der Waals surface area contributed by atoms with E-state index in [-0.39, 0.29) is 24.2 Å². The lowest BCUT2D eigenvalue weighted by atomic mass is 9.79. The fourth-order valence-electron chi connectivity index (χ4n) is 4.58. The first-order chi connectivity index (χ1) is 16.7. The molecule has 1 aliphatic rings. The van der Waals surface area contributed by atoms with Gasteiger partial charge in [-0.05, 0) is 51.7 Å². The topological polar surface area (TPSA) is 47.6 Å². The Morgan fingerprint density at radius 1 is 0.686 bits per heavy atom. The Labute approximate surface area is 216 Å². The highest BCUT2D eigenvalue weighted by molar-refractivity contribution is 6.62. The van der Waals surface area contributed by atoms with Gasteiger partial charge in [0.25, 0.3) is 0 Å². The van der Waals surface area contributed by atoms with Crippen LogP contribution < -0.4 is 10.8 Å². The number of carbonyl (C=O) groups is 1. The molecule has 0 aromatic heterocycles. The highest BCUT2D eigenvalue weighted by Gasteiger charge is 2.51. The standard InChI is InChI=1S/C30H52BNO3/c1-6-7-8-9-10-11-12-13-14-15-16-17-18-19-20-21-28(33)32-27-24-22-26(23-25-27)31-34-29(2,3)30(4,5)35-31/h22-25H,6-21H2,1-5H3,(H,32,33). The molecule has 0 radical (unpaired) electrons. The smallest absolute Gasteiger partial charge is 0.399 e. The second-order valence-corrected chi connectivity index (χ2v) is 11.5. The Kier molecular flexibility index (Phi) is 13.4. The van der Waals surface area contributed by atoms with E-state index in [9.17, 15) is 4.79 Å². The van der Waals surface area contributed by atoms with Crippen molar-refractivity contribution in [3.05, 3.63) is 24.3 Å². The van der Waals surface area contributed by atoms with E-state index in [0.717, 1.165) is 24.0 Å². The van der Waals surface area contributed by atoms with Crippen molar-refractivity contribution in [3.63, 3.8) is 0 Å². The van der Waals surface area contributed by atoms with Crippen LogP contribution in [0, 0.1) is 0 Å². The molecule has 1 N–H and O–H groups in total. The fraction of sp³-hybridized carbons (Fsp3) is 0.767. The van der Waals surface area contributed by atoms with Gasteiger partial charge >= 0.3 is 7.12 Å². The minimum Gasteiger partial charge on any atom is -0.399 e. The maximum absolute atomic E-state index is 12.3. The van der Waals surface area contributed by atoms with Crippen molar-refractivity contribution in [1.29, 1.82) is 0 Å². The van der Waals surface area contributed by atoms with Crippen molar-refractivity contribution < 1.29 is 14.1 Å². The third-order valence-corrected chi connectivity index (χ3v) is 7.73. The molecule has 198 valence electrons. The molecule has 1 aliphatic heterocycles. The van der Waals surface area contributed by atoms with Gasteiger partial charge in [-0.25, -0.2) is 0 Å². The van der Waals surface area contributed by atoms with Crippen molar-refractivity contribution in [2.75, 3.05) is 5.32 Å². The van der Waals surface area contributed by atoms with Crippen LogP contribution in [0.4, 0.5) is 5.69 Å². The van der Waals surface area contributed by atoms with Crippen LogP contribution in [0.5, 0.6) is 0 Å². The molecule has 2 rings (SSSR count). The second-order valence-electron chi connectivity index (χ2n) is 11.5. The van der Waals surface area contributed by atoms with Gasteiger partial charge in [0, 0.05) is 12.1 Å². The van der Waals surface area contributed by atoms with E-state index in [1.165, 1.54) is 83.5 Å². The molecule has 1 saturated heterocycles. The molecule has 0 atom stereocenters. The summed E-state index contributed by atoms with van der Waals surface area (Å²) in [6.07, 6.45) is 20.7. The summed E-state index contributed by atoms with van der Waals surface area (Å²) in [5.41, 5.74) is 1.11. The van der Waals surface area contributed by atoms with E-state index >= 15 is 0 Å². The third kappa shape index (κ3) is 11.1. The zero-order valence-corrected chi connectivity index (χ0v) is 23.4. The number of rotatable bonds is 18. The molecular weight excluding hydrogens is 433 g/mol. The molecule has 1 aromatic carbocycles. The Hall–Kier alpha value is -1.33. The van der Waals surface area contributed by atoms with Crippen LogP contribution in [0.1, 0.15) is 137 Å². The molecule has 35 heavy (non-hydrogen) atoms. The van der Waals surface area contributed by atoms with Crippen molar-refractivity contribution in [3.8, 4) is 0 Å². The number of anilines is 1. The van der Waals surface area contributed by atoms with Crippen molar-refractivity contribution in [2.24, 2.45) is 0 Å². The van der Waals surface area contributed by atoms with Gasteiger partial charge in [-0.2, -0.15) is 0 Å². The summed E-state index contributed by atoms with van der Waals surface area (Å²) >= 11 is 0. The van der Waals surface area contributed by atoms with E-state index < -0.39 is 0 Å². The van der Waals surface area contributed by atoms with Gasteiger partial charge < -0.3 is 14.6 Å². The molecule has 1 fully saturated rings. The molecule has 0 bridgehead atoms. The lowest BCUT2D eigenvalue weighted by Gasteiger charge is -2.32. The number of hydrogen-bond donors (Lipinski definition) is 1. The average molecular weight is 486 g/mol. The molecule has 0 spiro atoms. The molecule has 0 aliphatic carbocycles. The molecular formula is C30H52BNO3. The summed E-state index contributed by atoms with van der Waals surface area (Å²) in [6, 6.07) is 7.83. The summed E-state index contributed by atoms with van der Waals surface area (Å²) in [5, 5.41) is 3.02. The normalized spacial score (nSPS) is 16.5. The van der Waals surface area contributed by atoms with Crippen LogP contribution in [-0.4, -0.2) is 24.2 Å². The second kappa shape index (κ2) is 15.7. The van der Waals surface area contributed by atoms with Gasteiger partial charge in [0.15, 0.2) is 0 Å². The molecule has 0 saturated carbocycles. The molecule has 0 unspecified atom stereocenters. The lowest BCUT2D eigenvalue weighted by molar-refractivity contribution is -0.116. The van der Waals surface area contributed by atoms with Gasteiger partial charge in [-0.3, -0.25) is 4.79 Å². The summed E-state index contributed by atoms with van der Waals surface area (Å²) in [4.78, 5) is 12.3. The van der Waals surface area contributed by atoms with Gasteiger partial charge in [0.1, 0.15) is 0 Å². The minimum absolute atomic E-state index is 0.100. The maximum atomic E-state index is 12.3. The van der Waals surface area contributed by atoms with Crippen LogP contribution >= 0.6 is 0 Å². The van der Waals surface area contributed by atoms with Crippen LogP contribution in [0.25, 0.3) is 0 Å². The van der Waals surface area contributed by atoms with Crippen molar-refractivity contribution in [1.82, 2.24) is 0 Å². The van der Waals surface area contributed by atoms with Crippen LogP contribution in [0.2, 0.25) is 0 Å². The Morgan fingerprint density at radius 3 is 1.51 bits per heavy atom. The SMILES string of the molecule is CCCCCCCCCCCCCCCCCC(=O)Nc1ccc(B2OC(C)(C)C(C)(C)O2)cc1. The number of nitrogens with one attached hydrogen (secondary N) is 1.